The Hall–Kier alpha value is -3.54. The van der Waals surface area contributed by atoms with Gasteiger partial charge in [0.15, 0.2) is 5.65 Å². The Labute approximate surface area is 161 Å². The van der Waals surface area contributed by atoms with Gasteiger partial charge in [-0.05, 0) is 50.2 Å². The lowest BCUT2D eigenvalue weighted by atomic mass is 10.1. The highest BCUT2D eigenvalue weighted by Crippen LogP contribution is 2.28. The number of carbonyl (C=O) groups excluding carboxylic acids is 1. The van der Waals surface area contributed by atoms with Crippen LogP contribution in [-0.2, 0) is 0 Å². The van der Waals surface area contributed by atoms with Gasteiger partial charge >= 0.3 is 0 Å². The van der Waals surface area contributed by atoms with Crippen LogP contribution in [0.15, 0.2) is 66.9 Å². The molecule has 0 spiro atoms. The molecule has 4 aromatic rings. The van der Waals surface area contributed by atoms with Crippen molar-refractivity contribution in [3.63, 3.8) is 0 Å². The molecule has 5 nitrogen and oxygen atoms in total. The van der Waals surface area contributed by atoms with E-state index in [0.717, 1.165) is 22.6 Å². The zero-order valence-electron chi connectivity index (χ0n) is 15.6. The third-order valence-corrected chi connectivity index (χ3v) is 4.47. The van der Waals surface area contributed by atoms with Gasteiger partial charge in [-0.1, -0.05) is 24.3 Å². The van der Waals surface area contributed by atoms with Crippen LogP contribution >= 0.6 is 0 Å². The van der Waals surface area contributed by atoms with Gasteiger partial charge in [0.2, 0.25) is 0 Å². The van der Waals surface area contributed by atoms with E-state index in [9.17, 15) is 9.18 Å². The van der Waals surface area contributed by atoms with Crippen LogP contribution in [0.25, 0.3) is 22.6 Å². The molecule has 0 aliphatic heterocycles. The maximum atomic E-state index is 13.8. The summed E-state index contributed by atoms with van der Waals surface area (Å²) in [6.45, 7) is 4.13. The van der Waals surface area contributed by atoms with Gasteiger partial charge < -0.3 is 9.88 Å². The fraction of sp³-hybridized carbons (Fsp3) is 0.136. The number of rotatable bonds is 4. The average Bonchev–Trinajstić information content (AvgIpc) is 3.10. The molecule has 140 valence electrons. The number of amides is 1. The summed E-state index contributed by atoms with van der Waals surface area (Å²) in [5.41, 5.74) is 2.97. The van der Waals surface area contributed by atoms with Crippen LogP contribution in [0.1, 0.15) is 30.2 Å². The molecule has 1 amide bonds. The number of para-hydroxylation sites is 1. The maximum absolute atomic E-state index is 13.8. The third-order valence-electron chi connectivity index (χ3n) is 4.47. The van der Waals surface area contributed by atoms with Gasteiger partial charge in [-0.15, -0.1) is 0 Å². The van der Waals surface area contributed by atoms with Gasteiger partial charge in [0.1, 0.15) is 17.2 Å². The highest BCUT2D eigenvalue weighted by Gasteiger charge is 2.17. The number of hydrogen-bond donors (Lipinski definition) is 1. The molecule has 0 aliphatic rings. The van der Waals surface area contributed by atoms with Crippen molar-refractivity contribution in [2.24, 2.45) is 0 Å². The summed E-state index contributed by atoms with van der Waals surface area (Å²) in [7, 11) is 0. The quantitative estimate of drug-likeness (QED) is 0.542. The molecule has 0 atom stereocenters. The van der Waals surface area contributed by atoms with Crippen molar-refractivity contribution in [1.82, 2.24) is 14.5 Å². The summed E-state index contributed by atoms with van der Waals surface area (Å²) >= 11 is 0. The zero-order chi connectivity index (χ0) is 19.7. The lowest BCUT2D eigenvalue weighted by Gasteiger charge is -2.13. The van der Waals surface area contributed by atoms with Gasteiger partial charge in [0.05, 0.1) is 5.69 Å². The Morgan fingerprint density at radius 2 is 1.89 bits per heavy atom. The molecule has 0 unspecified atom stereocenters. The van der Waals surface area contributed by atoms with Gasteiger partial charge in [-0.2, -0.15) is 0 Å². The van der Waals surface area contributed by atoms with Gasteiger partial charge in [0, 0.05) is 23.4 Å². The predicted molar refractivity (Wildman–Crippen MR) is 108 cm³/mol. The summed E-state index contributed by atoms with van der Waals surface area (Å²) in [6, 6.07) is 17.2. The van der Waals surface area contributed by atoms with Crippen LogP contribution in [-0.4, -0.2) is 20.4 Å². The SMILES string of the molecule is CC(C)n1c(-c2cccc(C(=O)Nc3ccccc3F)c2)nc2cccnc21. The number of aromatic nitrogens is 3. The summed E-state index contributed by atoms with van der Waals surface area (Å²) in [5, 5.41) is 2.62. The van der Waals surface area contributed by atoms with E-state index in [0.29, 0.717) is 5.56 Å². The van der Waals surface area contributed by atoms with E-state index in [-0.39, 0.29) is 17.6 Å². The number of nitrogens with one attached hydrogen (secondary N) is 1. The van der Waals surface area contributed by atoms with E-state index in [1.165, 1.54) is 12.1 Å². The molecule has 0 saturated heterocycles. The van der Waals surface area contributed by atoms with Gasteiger partial charge in [0.25, 0.3) is 5.91 Å². The number of fused-ring (bicyclic) bond motifs is 1. The number of nitrogens with zero attached hydrogens (tertiary/aromatic N) is 3. The minimum atomic E-state index is -0.473. The predicted octanol–water partition coefficient (Wildman–Crippen LogP) is 5.07. The first-order valence-electron chi connectivity index (χ1n) is 9.04. The molecule has 0 bridgehead atoms. The third kappa shape index (κ3) is 3.24. The van der Waals surface area contributed by atoms with Crippen LogP contribution < -0.4 is 5.32 Å². The van der Waals surface area contributed by atoms with Crippen molar-refractivity contribution in [3.8, 4) is 11.4 Å². The maximum Gasteiger partial charge on any atom is 0.255 e. The fourth-order valence-electron chi connectivity index (χ4n) is 3.18. The minimum absolute atomic E-state index is 0.144. The normalized spacial score (nSPS) is 11.1. The summed E-state index contributed by atoms with van der Waals surface area (Å²) in [4.78, 5) is 21.8. The highest BCUT2D eigenvalue weighted by atomic mass is 19.1. The number of pyridine rings is 1. The molecule has 6 heteroatoms. The second-order valence-corrected chi connectivity index (χ2v) is 6.76. The number of imidazole rings is 1. The number of carbonyl (C=O) groups is 1. The summed E-state index contributed by atoms with van der Waals surface area (Å²) in [6.07, 6.45) is 1.74. The van der Waals surface area contributed by atoms with E-state index in [1.807, 2.05) is 22.8 Å². The molecule has 0 saturated carbocycles. The molecule has 0 aliphatic carbocycles. The molecule has 2 aromatic carbocycles. The van der Waals surface area contributed by atoms with E-state index in [1.54, 1.807) is 36.5 Å². The second-order valence-electron chi connectivity index (χ2n) is 6.76. The second kappa shape index (κ2) is 7.23. The standard InChI is InChI=1S/C22H19FN4O/c1-14(2)27-20(25-19-11-6-12-24-21(19)27)15-7-5-8-16(13-15)22(28)26-18-10-4-3-9-17(18)23/h3-14H,1-2H3,(H,26,28). The molecular weight excluding hydrogens is 355 g/mol. The van der Waals surface area contributed by atoms with Crippen LogP contribution in [0.2, 0.25) is 0 Å². The summed E-state index contributed by atoms with van der Waals surface area (Å²) < 4.78 is 15.9. The monoisotopic (exact) mass is 374 g/mol. The van der Waals surface area contributed by atoms with Crippen molar-refractivity contribution in [2.75, 3.05) is 5.32 Å². The Balaban J connectivity index is 1.74. The molecule has 0 fully saturated rings. The number of anilines is 1. The van der Waals surface area contributed by atoms with Crippen molar-refractivity contribution in [3.05, 3.63) is 78.2 Å². The van der Waals surface area contributed by atoms with E-state index in [2.05, 4.69) is 24.1 Å². The van der Waals surface area contributed by atoms with Crippen LogP contribution in [0.3, 0.4) is 0 Å². The molecule has 28 heavy (non-hydrogen) atoms. The number of benzene rings is 2. The lowest BCUT2D eigenvalue weighted by molar-refractivity contribution is 0.102. The molecule has 2 aromatic heterocycles. The van der Waals surface area contributed by atoms with E-state index >= 15 is 0 Å². The lowest BCUT2D eigenvalue weighted by Crippen LogP contribution is -2.13. The van der Waals surface area contributed by atoms with E-state index in [4.69, 9.17) is 4.98 Å². The Kier molecular flexibility index (Phi) is 4.61. The van der Waals surface area contributed by atoms with Crippen LogP contribution in [0, 0.1) is 5.82 Å². The minimum Gasteiger partial charge on any atom is -0.319 e. The van der Waals surface area contributed by atoms with E-state index < -0.39 is 5.82 Å². The topological polar surface area (TPSA) is 59.8 Å². The molecule has 2 heterocycles. The first-order valence-corrected chi connectivity index (χ1v) is 9.04. The van der Waals surface area contributed by atoms with Crippen molar-refractivity contribution in [1.29, 1.82) is 0 Å². The average molecular weight is 374 g/mol. The molecule has 4 rings (SSSR count). The Morgan fingerprint density at radius 3 is 2.68 bits per heavy atom. The summed E-state index contributed by atoms with van der Waals surface area (Å²) in [5.74, 6) is -0.110. The van der Waals surface area contributed by atoms with Crippen molar-refractivity contribution >= 4 is 22.8 Å². The zero-order valence-corrected chi connectivity index (χ0v) is 15.6. The molecule has 0 radical (unpaired) electrons. The first-order chi connectivity index (χ1) is 13.5. The Morgan fingerprint density at radius 1 is 1.07 bits per heavy atom. The molecular formula is C22H19FN4O. The van der Waals surface area contributed by atoms with Gasteiger partial charge in [-0.25, -0.2) is 14.4 Å². The largest absolute Gasteiger partial charge is 0.319 e. The van der Waals surface area contributed by atoms with Crippen LogP contribution in [0.5, 0.6) is 0 Å². The number of halogens is 1. The fourth-order valence-corrected chi connectivity index (χ4v) is 3.18. The smallest absolute Gasteiger partial charge is 0.255 e. The van der Waals surface area contributed by atoms with Crippen molar-refractivity contribution in [2.45, 2.75) is 19.9 Å². The molecule has 1 N–H and O–H groups in total. The van der Waals surface area contributed by atoms with Crippen LogP contribution in [0.4, 0.5) is 10.1 Å². The number of hydrogen-bond acceptors (Lipinski definition) is 3. The van der Waals surface area contributed by atoms with Gasteiger partial charge in [-0.3, -0.25) is 4.79 Å². The Bertz CT molecular complexity index is 1170. The first kappa shape index (κ1) is 17.9. The van der Waals surface area contributed by atoms with Crippen molar-refractivity contribution < 1.29 is 9.18 Å². The highest BCUT2D eigenvalue weighted by molar-refractivity contribution is 6.05.